The Labute approximate surface area is 261 Å². The zero-order valence-corrected chi connectivity index (χ0v) is 25.1. The molecule has 2 aromatic carbocycles. The van der Waals surface area contributed by atoms with Crippen molar-refractivity contribution in [3.05, 3.63) is 83.6 Å². The van der Waals surface area contributed by atoms with E-state index in [-0.39, 0.29) is 33.2 Å². The summed E-state index contributed by atoms with van der Waals surface area (Å²) in [5, 5.41) is 4.41. The summed E-state index contributed by atoms with van der Waals surface area (Å²) in [6.45, 7) is 1.88. The molecule has 1 aliphatic rings. The molecule has 0 saturated carbocycles. The maximum Gasteiger partial charge on any atom is 1.00 e. The van der Waals surface area contributed by atoms with E-state index in [0.717, 1.165) is 17.1 Å². The van der Waals surface area contributed by atoms with Gasteiger partial charge in [0.2, 0.25) is 0 Å². The second-order valence-electron chi connectivity index (χ2n) is 7.29. The zero-order valence-electron chi connectivity index (χ0n) is 20.8. The SMILES string of the molecule is COc1ccc(N=C([S-])N/N=C\C2=CC(C)=C/C(=C/NNC([S-])=Nc3ccc(OC)cc3)C2=O)cc1.[Cl][Cu+].[Cu+]. The number of allylic oxidation sites excluding steroid dienone is 5. The van der Waals surface area contributed by atoms with Gasteiger partial charge in [-0.25, -0.2) is 0 Å². The smallest absolute Gasteiger partial charge is 1.00 e. The molecule has 9 nitrogen and oxygen atoms in total. The Morgan fingerprint density at radius 1 is 0.897 bits per heavy atom. The van der Waals surface area contributed by atoms with E-state index >= 15 is 0 Å². The van der Waals surface area contributed by atoms with Crippen molar-refractivity contribution in [2.24, 2.45) is 15.1 Å². The number of nitrogens with one attached hydrogen (secondary N) is 3. The molecule has 1 aliphatic carbocycles. The van der Waals surface area contributed by atoms with E-state index in [1.54, 1.807) is 74.9 Å². The summed E-state index contributed by atoms with van der Waals surface area (Å²) >= 11 is 14.1. The number of hydrazone groups is 1. The van der Waals surface area contributed by atoms with Crippen LogP contribution in [0, 0.1) is 0 Å². The van der Waals surface area contributed by atoms with Gasteiger partial charge in [-0.05, 0) is 78.3 Å². The van der Waals surface area contributed by atoms with Crippen LogP contribution < -0.4 is 25.8 Å². The average Bonchev–Trinajstić information content (AvgIpc) is 2.93. The topological polar surface area (TPSA) is 109 Å². The molecular formula is C25H24ClCu2N6O3S2. The molecule has 39 heavy (non-hydrogen) atoms. The first-order valence-electron chi connectivity index (χ1n) is 10.7. The van der Waals surface area contributed by atoms with Gasteiger partial charge < -0.3 is 45.6 Å². The van der Waals surface area contributed by atoms with Crippen LogP contribution in [0.5, 0.6) is 11.5 Å². The molecule has 0 amide bonds. The Hall–Kier alpha value is -2.89. The Bertz CT molecular complexity index is 1280. The molecule has 0 unspecified atom stereocenters. The van der Waals surface area contributed by atoms with Gasteiger partial charge in [0.15, 0.2) is 5.78 Å². The second-order valence-corrected chi connectivity index (χ2v) is 8.06. The van der Waals surface area contributed by atoms with Crippen LogP contribution in [-0.4, -0.2) is 36.6 Å². The fourth-order valence-electron chi connectivity index (χ4n) is 2.97. The van der Waals surface area contributed by atoms with E-state index in [2.05, 4.69) is 56.6 Å². The molecular weight excluding hydrogens is 659 g/mol. The minimum absolute atomic E-state index is 0. The van der Waals surface area contributed by atoms with Crippen molar-refractivity contribution < 1.29 is 46.4 Å². The number of methoxy groups -OCH3 is 2. The largest absolute Gasteiger partial charge is 1.00 e. The van der Waals surface area contributed by atoms with Gasteiger partial charge in [0.25, 0.3) is 0 Å². The van der Waals surface area contributed by atoms with E-state index in [1.165, 1.54) is 12.4 Å². The molecule has 0 heterocycles. The first-order chi connectivity index (χ1) is 18.4. The number of ketones is 1. The number of hydrazine groups is 1. The third-order valence-corrected chi connectivity index (χ3v) is 5.04. The van der Waals surface area contributed by atoms with Crippen LogP contribution in [0.2, 0.25) is 0 Å². The quantitative estimate of drug-likeness (QED) is 0.0952. The summed E-state index contributed by atoms with van der Waals surface area (Å²) in [5.41, 5.74) is 11.2. The standard InChI is InChI=1S/C25H26N6O3S2.ClH.2Cu/c1-16-12-17(14-26-30-24(35)28-19-4-8-21(33-2)9-5-19)23(32)18(13-16)15-27-31-25(36)29-20-6-10-22(34-3)11-7-20;;;/h4-15,26H,1-3H3,(H2,28,30,35)(H2,29,31,36);1H;;/q;;+1;+2/p-3/b17-14-,27-15-;;;. The first kappa shape index (κ1) is 34.1. The Morgan fingerprint density at radius 3 is 1.92 bits per heavy atom. The van der Waals surface area contributed by atoms with Crippen molar-refractivity contribution in [3.63, 3.8) is 0 Å². The van der Waals surface area contributed by atoms with Crippen molar-refractivity contribution in [2.75, 3.05) is 14.2 Å². The van der Waals surface area contributed by atoms with Gasteiger partial charge in [0.1, 0.15) is 11.5 Å². The number of amidine groups is 2. The summed E-state index contributed by atoms with van der Waals surface area (Å²) in [4.78, 5) is 21.3. The van der Waals surface area contributed by atoms with Gasteiger partial charge in [-0.2, -0.15) is 5.10 Å². The molecule has 14 heteroatoms. The van der Waals surface area contributed by atoms with Crippen LogP contribution in [0.4, 0.5) is 11.4 Å². The van der Waals surface area contributed by atoms with E-state index in [9.17, 15) is 4.79 Å². The number of ether oxygens (including phenoxy) is 2. The molecule has 0 fully saturated rings. The molecule has 0 aromatic heterocycles. The van der Waals surface area contributed by atoms with Crippen LogP contribution in [0.25, 0.3) is 0 Å². The Kier molecular flexibility index (Phi) is 16.1. The third-order valence-electron chi connectivity index (χ3n) is 4.67. The van der Waals surface area contributed by atoms with Gasteiger partial charge in [-0.1, -0.05) is 0 Å². The number of carbonyl (C=O) groups excluding carboxylic acids is 1. The van der Waals surface area contributed by atoms with Crippen molar-refractivity contribution in [3.8, 4) is 11.5 Å². The van der Waals surface area contributed by atoms with Gasteiger partial charge in [-0.15, -0.1) is 0 Å². The summed E-state index contributed by atoms with van der Waals surface area (Å²) in [5.74, 6) is 1.22. The molecule has 0 atom stereocenters. The summed E-state index contributed by atoms with van der Waals surface area (Å²) in [7, 11) is 7.39. The van der Waals surface area contributed by atoms with Crippen LogP contribution >= 0.6 is 10.1 Å². The van der Waals surface area contributed by atoms with E-state index in [1.807, 2.05) is 6.92 Å². The van der Waals surface area contributed by atoms with Gasteiger partial charge in [0.05, 0.1) is 31.8 Å². The van der Waals surface area contributed by atoms with Crippen LogP contribution in [0.15, 0.2) is 98.7 Å². The minimum atomic E-state index is -0.225. The molecule has 3 rings (SSSR count). The summed E-state index contributed by atoms with van der Waals surface area (Å²) in [6, 6.07) is 14.2. The predicted molar refractivity (Wildman–Crippen MR) is 154 cm³/mol. The molecule has 0 radical (unpaired) electrons. The average molecular weight is 683 g/mol. The van der Waals surface area contributed by atoms with Crippen molar-refractivity contribution >= 4 is 69.1 Å². The van der Waals surface area contributed by atoms with E-state index < -0.39 is 0 Å². The zero-order chi connectivity index (χ0) is 27.9. The van der Waals surface area contributed by atoms with Gasteiger partial charge in [0, 0.05) is 22.5 Å². The monoisotopic (exact) mass is 681 g/mol. The van der Waals surface area contributed by atoms with Crippen LogP contribution in [0.1, 0.15) is 6.92 Å². The van der Waals surface area contributed by atoms with Crippen molar-refractivity contribution in [2.45, 2.75) is 6.92 Å². The molecule has 3 N–H and O–H groups in total. The minimum Gasteiger partial charge on any atom is 1.00 e. The molecule has 0 saturated heterocycles. The molecule has 213 valence electrons. The van der Waals surface area contributed by atoms with Crippen molar-refractivity contribution in [1.82, 2.24) is 16.3 Å². The molecule has 0 bridgehead atoms. The number of carbonyl (C=O) groups is 1. The summed E-state index contributed by atoms with van der Waals surface area (Å²) < 4.78 is 10.2. The normalized spacial score (nSPS) is 14.4. The maximum atomic E-state index is 12.8. The molecule has 0 spiro atoms. The number of aliphatic imine (C=N–C) groups is 2. The second kappa shape index (κ2) is 18.4. The van der Waals surface area contributed by atoms with Crippen LogP contribution in [0.3, 0.4) is 0 Å². The number of hydrogen-bond donors (Lipinski definition) is 3. The van der Waals surface area contributed by atoms with Gasteiger partial charge in [-0.3, -0.25) is 20.2 Å². The van der Waals surface area contributed by atoms with Gasteiger partial charge >= 0.3 is 42.3 Å². The third kappa shape index (κ3) is 11.8. The Balaban J connectivity index is 0.00000248. The number of rotatable bonds is 8. The van der Waals surface area contributed by atoms with Crippen LogP contribution in [-0.2, 0) is 62.2 Å². The van der Waals surface area contributed by atoms with E-state index in [4.69, 9.17) is 34.7 Å². The number of Topliss-reactive ketones (excluding diaryl/α,β-unsaturated/α-hetero) is 1. The number of hydrogen-bond acceptors (Lipinski definition) is 9. The predicted octanol–water partition coefficient (Wildman–Crippen LogP) is 4.17. The van der Waals surface area contributed by atoms with E-state index in [0.29, 0.717) is 22.5 Å². The molecule has 2 aromatic rings. The first-order valence-corrected chi connectivity index (χ1v) is 12.9. The fraction of sp³-hybridized carbons (Fsp3) is 0.120. The molecule has 0 aliphatic heterocycles. The number of benzene rings is 2. The Morgan fingerprint density at radius 2 is 1.41 bits per heavy atom. The number of halogens is 1. The maximum absolute atomic E-state index is 12.8. The van der Waals surface area contributed by atoms with Crippen molar-refractivity contribution in [1.29, 1.82) is 0 Å². The summed E-state index contributed by atoms with van der Waals surface area (Å²) in [6.07, 6.45) is 6.39. The number of nitrogens with zero attached hydrogens (tertiary/aromatic N) is 3. The fourth-order valence-corrected chi connectivity index (χ4v) is 3.29.